The lowest BCUT2D eigenvalue weighted by Gasteiger charge is -2.21. The average Bonchev–Trinajstić information content (AvgIpc) is 3.68. The number of allylic oxidation sites excluding steroid dienone is 1. The Morgan fingerprint density at radius 3 is 2.63 bits per heavy atom. The number of benzene rings is 1. The van der Waals surface area contributed by atoms with Crippen molar-refractivity contribution < 1.29 is 26.4 Å². The van der Waals surface area contributed by atoms with Gasteiger partial charge in [-0.2, -0.15) is 0 Å². The van der Waals surface area contributed by atoms with Gasteiger partial charge in [0, 0.05) is 18.3 Å². The number of amides is 1. The summed E-state index contributed by atoms with van der Waals surface area (Å²) in [7, 11) is -3.57. The molecule has 2 N–H and O–H groups in total. The molecule has 1 saturated carbocycles. The molecule has 12 heteroatoms. The Hall–Kier alpha value is -3.22. The first-order valence-corrected chi connectivity index (χ1v) is 15.4. The summed E-state index contributed by atoms with van der Waals surface area (Å²) in [5, 5.41) is 2.15. The molecule has 1 aliphatic heterocycles. The van der Waals surface area contributed by atoms with Gasteiger partial charge in [0.25, 0.3) is 0 Å². The summed E-state index contributed by atoms with van der Waals surface area (Å²) >= 11 is 0. The van der Waals surface area contributed by atoms with Crippen LogP contribution in [0.25, 0.3) is 16.0 Å². The quantitative estimate of drug-likeness (QED) is 0.401. The SMILES string of the molecule is C=CC1=C(c2cc(-c3cnc(OCCCN(C)C)c(NS(=O)(=O)C4CC4)c3)ccc2C)S(=O)(=O)CC(=O)N1. The monoisotopic (exact) mass is 560 g/mol. The van der Waals surface area contributed by atoms with Gasteiger partial charge in [-0.15, -0.1) is 0 Å². The number of carbonyl (C=O) groups excluding carboxylic acids is 1. The van der Waals surface area contributed by atoms with Crippen LogP contribution in [0.1, 0.15) is 30.4 Å². The van der Waals surface area contributed by atoms with E-state index in [9.17, 15) is 21.6 Å². The highest BCUT2D eigenvalue weighted by atomic mass is 32.2. The second-order valence-corrected chi connectivity index (χ2v) is 13.6. The van der Waals surface area contributed by atoms with Gasteiger partial charge in [0.05, 0.1) is 22.5 Å². The fraction of sp³-hybridized carbons (Fsp3) is 0.385. The van der Waals surface area contributed by atoms with Crippen LogP contribution in [-0.2, 0) is 24.7 Å². The third kappa shape index (κ3) is 6.25. The number of hydrogen-bond donors (Lipinski definition) is 2. The molecular weight excluding hydrogens is 528 g/mol. The fourth-order valence-electron chi connectivity index (χ4n) is 4.12. The highest BCUT2D eigenvalue weighted by molar-refractivity contribution is 8.01. The van der Waals surface area contributed by atoms with E-state index in [4.69, 9.17) is 4.74 Å². The standard InChI is InChI=1S/C26H32N4O6S2/c1-5-22-25(37(32,33)16-24(31)28-22)21-13-18(8-7-17(21)2)19-14-23(29-38(34,35)20-9-10-20)26(27-15-19)36-12-6-11-30(3)4/h5,7-8,13-15,20,29H,1,6,9-12,16H2,2-4H3,(H,28,31). The van der Waals surface area contributed by atoms with Gasteiger partial charge in [0.1, 0.15) is 11.4 Å². The van der Waals surface area contributed by atoms with Crippen LogP contribution in [0.15, 0.2) is 48.8 Å². The molecule has 1 aromatic carbocycles. The van der Waals surface area contributed by atoms with E-state index in [1.807, 2.05) is 19.0 Å². The smallest absolute Gasteiger partial charge is 0.239 e. The molecule has 38 heavy (non-hydrogen) atoms. The molecule has 204 valence electrons. The highest BCUT2D eigenvalue weighted by Gasteiger charge is 2.36. The zero-order chi connectivity index (χ0) is 27.7. The van der Waals surface area contributed by atoms with Crippen LogP contribution in [0.4, 0.5) is 5.69 Å². The Bertz CT molecular complexity index is 1510. The van der Waals surface area contributed by atoms with E-state index in [1.165, 1.54) is 6.08 Å². The van der Waals surface area contributed by atoms with Crippen LogP contribution in [-0.4, -0.2) is 70.9 Å². The zero-order valence-corrected chi connectivity index (χ0v) is 23.3. The van der Waals surface area contributed by atoms with E-state index in [2.05, 4.69) is 21.6 Å². The molecule has 10 nitrogen and oxygen atoms in total. The number of sulfonamides is 1. The molecule has 0 saturated heterocycles. The highest BCUT2D eigenvalue weighted by Crippen LogP contribution is 2.37. The second-order valence-electron chi connectivity index (χ2n) is 9.71. The van der Waals surface area contributed by atoms with Crippen LogP contribution in [0.2, 0.25) is 0 Å². The number of rotatable bonds is 11. The van der Waals surface area contributed by atoms with Crippen LogP contribution < -0.4 is 14.8 Å². The number of carbonyl (C=O) groups is 1. The number of aromatic nitrogens is 1. The Morgan fingerprint density at radius 2 is 1.97 bits per heavy atom. The summed E-state index contributed by atoms with van der Waals surface area (Å²) in [5.41, 5.74) is 2.64. The van der Waals surface area contributed by atoms with E-state index >= 15 is 0 Å². The van der Waals surface area contributed by atoms with Crippen molar-refractivity contribution in [3.8, 4) is 17.0 Å². The predicted octanol–water partition coefficient (Wildman–Crippen LogP) is 2.69. The van der Waals surface area contributed by atoms with Crippen molar-refractivity contribution >= 4 is 36.4 Å². The number of hydrogen-bond acceptors (Lipinski definition) is 8. The third-order valence-corrected chi connectivity index (χ3v) is 9.78. The fourth-order valence-corrected chi connectivity index (χ4v) is 7.08. The van der Waals surface area contributed by atoms with Gasteiger partial charge in [-0.05, 0) is 75.2 Å². The Kier molecular flexibility index (Phi) is 7.96. The second kappa shape index (κ2) is 10.9. The van der Waals surface area contributed by atoms with E-state index in [-0.39, 0.29) is 22.2 Å². The van der Waals surface area contributed by atoms with Crippen molar-refractivity contribution in [2.75, 3.05) is 37.7 Å². The lowest BCUT2D eigenvalue weighted by Crippen LogP contribution is -2.36. The minimum atomic E-state index is -3.90. The molecule has 0 radical (unpaired) electrons. The number of anilines is 1. The molecule has 0 unspecified atom stereocenters. The number of nitrogens with zero attached hydrogens (tertiary/aromatic N) is 2. The Morgan fingerprint density at radius 1 is 1.24 bits per heavy atom. The summed E-state index contributed by atoms with van der Waals surface area (Å²) in [5.74, 6) is -1.09. The van der Waals surface area contributed by atoms with Crippen molar-refractivity contribution in [3.63, 3.8) is 0 Å². The van der Waals surface area contributed by atoms with Crippen molar-refractivity contribution in [2.45, 2.75) is 31.4 Å². The van der Waals surface area contributed by atoms with Crippen molar-refractivity contribution in [2.24, 2.45) is 0 Å². The maximum atomic E-state index is 13.0. The number of sulfone groups is 1. The first kappa shape index (κ1) is 27.8. The van der Waals surface area contributed by atoms with Crippen molar-refractivity contribution in [1.82, 2.24) is 15.2 Å². The lowest BCUT2D eigenvalue weighted by atomic mass is 9.99. The molecule has 2 aliphatic rings. The minimum Gasteiger partial charge on any atom is -0.476 e. The van der Waals surface area contributed by atoms with Crippen LogP contribution in [0.3, 0.4) is 0 Å². The topological polar surface area (TPSA) is 135 Å². The summed E-state index contributed by atoms with van der Waals surface area (Å²) in [6.45, 7) is 6.60. The van der Waals surface area contributed by atoms with Gasteiger partial charge >= 0.3 is 0 Å². The number of nitrogens with one attached hydrogen (secondary N) is 2. The summed E-state index contributed by atoms with van der Waals surface area (Å²) in [4.78, 5) is 18.3. The van der Waals surface area contributed by atoms with Gasteiger partial charge in [-0.1, -0.05) is 18.7 Å². The molecule has 4 rings (SSSR count). The molecule has 2 heterocycles. The molecule has 1 fully saturated rings. The van der Waals surface area contributed by atoms with Gasteiger partial charge < -0.3 is 15.0 Å². The number of ether oxygens (including phenoxy) is 1. The van der Waals surface area contributed by atoms with E-state index in [0.29, 0.717) is 41.7 Å². The average molecular weight is 561 g/mol. The van der Waals surface area contributed by atoms with Crippen LogP contribution in [0.5, 0.6) is 5.88 Å². The first-order chi connectivity index (χ1) is 17.9. The molecule has 1 aliphatic carbocycles. The zero-order valence-electron chi connectivity index (χ0n) is 21.7. The Labute approximate surface area is 223 Å². The summed E-state index contributed by atoms with van der Waals surface area (Å²) in [6, 6.07) is 6.90. The lowest BCUT2D eigenvalue weighted by molar-refractivity contribution is -0.117. The van der Waals surface area contributed by atoms with E-state index in [1.54, 1.807) is 37.4 Å². The van der Waals surface area contributed by atoms with Crippen molar-refractivity contribution in [3.05, 3.63) is 59.9 Å². The number of aryl methyl sites for hydroxylation is 1. The minimum absolute atomic E-state index is 0.00471. The van der Waals surface area contributed by atoms with E-state index < -0.39 is 36.8 Å². The largest absolute Gasteiger partial charge is 0.476 e. The van der Waals surface area contributed by atoms with Crippen molar-refractivity contribution in [1.29, 1.82) is 0 Å². The summed E-state index contributed by atoms with van der Waals surface area (Å²) < 4.78 is 59.9. The van der Waals surface area contributed by atoms with Gasteiger partial charge in [-0.25, -0.2) is 21.8 Å². The molecule has 0 bridgehead atoms. The van der Waals surface area contributed by atoms with Crippen LogP contribution in [0, 0.1) is 6.92 Å². The van der Waals surface area contributed by atoms with Gasteiger partial charge in [0.15, 0.2) is 9.84 Å². The van der Waals surface area contributed by atoms with Gasteiger partial charge in [-0.3, -0.25) is 9.52 Å². The van der Waals surface area contributed by atoms with Gasteiger partial charge in [0.2, 0.25) is 21.8 Å². The predicted molar refractivity (Wildman–Crippen MR) is 148 cm³/mol. The molecule has 1 amide bonds. The molecule has 0 atom stereocenters. The molecular formula is C26H32N4O6S2. The maximum absolute atomic E-state index is 13.0. The molecule has 1 aromatic heterocycles. The van der Waals surface area contributed by atoms with E-state index in [0.717, 1.165) is 13.0 Å². The summed E-state index contributed by atoms with van der Waals surface area (Å²) in [6.07, 6.45) is 4.82. The third-order valence-electron chi connectivity index (χ3n) is 6.23. The molecule has 2 aromatic rings. The normalized spacial score (nSPS) is 17.3. The number of pyridine rings is 1. The molecule has 0 spiro atoms. The Balaban J connectivity index is 1.74. The first-order valence-electron chi connectivity index (χ1n) is 12.2. The maximum Gasteiger partial charge on any atom is 0.239 e. The van der Waals surface area contributed by atoms with Crippen LogP contribution >= 0.6 is 0 Å².